The number of aryl methyl sites for hydroxylation is 1. The highest BCUT2D eigenvalue weighted by molar-refractivity contribution is 5.97. The van der Waals surface area contributed by atoms with E-state index in [-0.39, 0.29) is 0 Å². The van der Waals surface area contributed by atoms with Gasteiger partial charge in [-0.25, -0.2) is 10.5 Å². The van der Waals surface area contributed by atoms with Crippen LogP contribution in [0.3, 0.4) is 0 Å². The number of benzene rings is 2. The number of aromatic nitrogens is 2. The highest BCUT2D eigenvalue weighted by atomic mass is 16.5. The smallest absolute Gasteiger partial charge is 0.274 e. The molecule has 3 N–H and O–H groups in total. The Balaban J connectivity index is 2.06. The average Bonchev–Trinajstić information content (AvgIpc) is 2.90. The Labute approximate surface area is 115 Å². The summed E-state index contributed by atoms with van der Waals surface area (Å²) in [7, 11) is 0. The molecule has 0 bridgehead atoms. The fourth-order valence-corrected chi connectivity index (χ4v) is 2.06. The van der Waals surface area contributed by atoms with Crippen molar-refractivity contribution in [3.63, 3.8) is 0 Å². The molecule has 3 rings (SSSR count). The molecule has 5 heteroatoms. The highest BCUT2D eigenvalue weighted by Crippen LogP contribution is 2.21. The number of carbonyl (C=O) groups is 1. The quantitative estimate of drug-likeness (QED) is 0.493. The van der Waals surface area contributed by atoms with E-state index in [0.29, 0.717) is 5.56 Å². The molecule has 0 aliphatic rings. The van der Waals surface area contributed by atoms with Crippen molar-refractivity contribution in [1.29, 1.82) is 0 Å². The molecule has 1 amide bonds. The molecule has 1 aromatic heterocycles. The maximum atomic E-state index is 11.4. The predicted molar refractivity (Wildman–Crippen MR) is 75.5 cm³/mol. The maximum absolute atomic E-state index is 11.4. The third kappa shape index (κ3) is 2.15. The van der Waals surface area contributed by atoms with E-state index >= 15 is 0 Å². The predicted octanol–water partition coefficient (Wildman–Crippen LogP) is 2.66. The first kappa shape index (κ1) is 12.4. The van der Waals surface area contributed by atoms with Gasteiger partial charge in [-0.3, -0.25) is 10.0 Å². The van der Waals surface area contributed by atoms with Gasteiger partial charge in [0.05, 0.1) is 11.0 Å². The fourth-order valence-electron chi connectivity index (χ4n) is 2.06. The van der Waals surface area contributed by atoms with Crippen molar-refractivity contribution in [2.75, 3.05) is 0 Å². The van der Waals surface area contributed by atoms with Gasteiger partial charge in [-0.05, 0) is 25.1 Å². The maximum Gasteiger partial charge on any atom is 0.274 e. The Morgan fingerprint density at radius 1 is 1.20 bits per heavy atom. The first-order chi connectivity index (χ1) is 9.67. The number of nitrogens with one attached hydrogen (secondary N) is 2. The van der Waals surface area contributed by atoms with E-state index in [2.05, 4.69) is 9.97 Å². The van der Waals surface area contributed by atoms with Crippen LogP contribution >= 0.6 is 0 Å². The lowest BCUT2D eigenvalue weighted by atomic mass is 10.1. The van der Waals surface area contributed by atoms with Crippen LogP contribution in [0.25, 0.3) is 22.4 Å². The van der Waals surface area contributed by atoms with Crippen molar-refractivity contribution in [3.8, 4) is 11.4 Å². The number of hydroxylamine groups is 1. The molecule has 100 valence electrons. The van der Waals surface area contributed by atoms with Gasteiger partial charge in [0.2, 0.25) is 0 Å². The molecule has 0 atom stereocenters. The van der Waals surface area contributed by atoms with Gasteiger partial charge in [0.25, 0.3) is 5.91 Å². The van der Waals surface area contributed by atoms with Crippen LogP contribution in [0.15, 0.2) is 42.5 Å². The zero-order chi connectivity index (χ0) is 14.1. The SMILES string of the molecule is Cc1ccc(-c2nc3ccc(C(=O)NO)cc3[nH]2)cc1. The second-order valence-electron chi connectivity index (χ2n) is 4.62. The Morgan fingerprint density at radius 2 is 1.95 bits per heavy atom. The number of aromatic amines is 1. The Morgan fingerprint density at radius 3 is 2.65 bits per heavy atom. The summed E-state index contributed by atoms with van der Waals surface area (Å²) < 4.78 is 0. The van der Waals surface area contributed by atoms with Gasteiger partial charge in [-0.15, -0.1) is 0 Å². The van der Waals surface area contributed by atoms with Gasteiger partial charge >= 0.3 is 0 Å². The van der Waals surface area contributed by atoms with Crippen LogP contribution in [0.4, 0.5) is 0 Å². The molecule has 0 aliphatic heterocycles. The summed E-state index contributed by atoms with van der Waals surface area (Å²) in [5, 5.41) is 8.64. The van der Waals surface area contributed by atoms with E-state index < -0.39 is 5.91 Å². The van der Waals surface area contributed by atoms with Gasteiger partial charge in [0.1, 0.15) is 5.82 Å². The van der Waals surface area contributed by atoms with Crippen molar-refractivity contribution in [1.82, 2.24) is 15.4 Å². The van der Waals surface area contributed by atoms with Crippen molar-refractivity contribution < 1.29 is 10.0 Å². The van der Waals surface area contributed by atoms with E-state index in [9.17, 15) is 4.79 Å². The second kappa shape index (κ2) is 4.79. The molecule has 0 spiro atoms. The number of amides is 1. The minimum absolute atomic E-state index is 0.374. The molecule has 0 saturated heterocycles. The number of imidazole rings is 1. The van der Waals surface area contributed by atoms with Crippen LogP contribution < -0.4 is 5.48 Å². The van der Waals surface area contributed by atoms with E-state index in [1.807, 2.05) is 31.2 Å². The topological polar surface area (TPSA) is 78.0 Å². The lowest BCUT2D eigenvalue weighted by molar-refractivity contribution is 0.0706. The number of H-pyrrole nitrogens is 1. The van der Waals surface area contributed by atoms with Crippen molar-refractivity contribution in [2.24, 2.45) is 0 Å². The summed E-state index contributed by atoms with van der Waals surface area (Å²) >= 11 is 0. The molecule has 0 aliphatic carbocycles. The van der Waals surface area contributed by atoms with Crippen molar-refractivity contribution >= 4 is 16.9 Å². The van der Waals surface area contributed by atoms with Crippen LogP contribution in [0.1, 0.15) is 15.9 Å². The number of fused-ring (bicyclic) bond motifs is 1. The number of nitrogens with zero attached hydrogens (tertiary/aromatic N) is 1. The van der Waals surface area contributed by atoms with Gasteiger partial charge < -0.3 is 4.98 Å². The van der Waals surface area contributed by atoms with Gasteiger partial charge in [-0.1, -0.05) is 29.8 Å². The Bertz CT molecular complexity index is 775. The largest absolute Gasteiger partial charge is 0.338 e. The van der Waals surface area contributed by atoms with E-state index in [1.165, 1.54) is 5.56 Å². The molecule has 0 unspecified atom stereocenters. The first-order valence-corrected chi connectivity index (χ1v) is 6.18. The monoisotopic (exact) mass is 267 g/mol. The average molecular weight is 267 g/mol. The number of hydrogen-bond donors (Lipinski definition) is 3. The molecule has 2 aromatic carbocycles. The van der Waals surface area contributed by atoms with Gasteiger partial charge in [0.15, 0.2) is 0 Å². The Kier molecular flexibility index (Phi) is 2.96. The fraction of sp³-hybridized carbons (Fsp3) is 0.0667. The lowest BCUT2D eigenvalue weighted by Crippen LogP contribution is -2.18. The Hall–Kier alpha value is -2.66. The second-order valence-corrected chi connectivity index (χ2v) is 4.62. The molecule has 0 fully saturated rings. The number of hydrogen-bond acceptors (Lipinski definition) is 3. The normalized spacial score (nSPS) is 10.7. The standard InChI is InChI=1S/C15H13N3O2/c1-9-2-4-10(5-3-9)14-16-12-7-6-11(15(19)18-20)8-13(12)17-14/h2-8,20H,1H3,(H,16,17)(H,18,19). The zero-order valence-electron chi connectivity index (χ0n) is 10.8. The minimum Gasteiger partial charge on any atom is -0.338 e. The molecular formula is C15H13N3O2. The molecular weight excluding hydrogens is 254 g/mol. The number of rotatable bonds is 2. The molecule has 1 heterocycles. The molecule has 0 saturated carbocycles. The summed E-state index contributed by atoms with van der Waals surface area (Å²) in [6.07, 6.45) is 0. The number of carbonyl (C=O) groups excluding carboxylic acids is 1. The summed E-state index contributed by atoms with van der Waals surface area (Å²) in [6, 6.07) is 13.1. The third-order valence-corrected chi connectivity index (χ3v) is 3.17. The van der Waals surface area contributed by atoms with Crippen molar-refractivity contribution in [2.45, 2.75) is 6.92 Å². The zero-order valence-corrected chi connectivity index (χ0v) is 10.8. The van der Waals surface area contributed by atoms with Crippen LogP contribution in [0, 0.1) is 6.92 Å². The van der Waals surface area contributed by atoms with E-state index in [1.54, 1.807) is 23.7 Å². The van der Waals surface area contributed by atoms with Crippen molar-refractivity contribution in [3.05, 3.63) is 53.6 Å². The first-order valence-electron chi connectivity index (χ1n) is 6.18. The van der Waals surface area contributed by atoms with Crippen LogP contribution in [-0.4, -0.2) is 21.1 Å². The summed E-state index contributed by atoms with van der Waals surface area (Å²) in [6.45, 7) is 2.03. The van der Waals surface area contributed by atoms with E-state index in [4.69, 9.17) is 5.21 Å². The van der Waals surface area contributed by atoms with Crippen LogP contribution in [0.2, 0.25) is 0 Å². The summed E-state index contributed by atoms with van der Waals surface area (Å²) in [4.78, 5) is 19.0. The van der Waals surface area contributed by atoms with Crippen LogP contribution in [-0.2, 0) is 0 Å². The molecule has 20 heavy (non-hydrogen) atoms. The molecule has 0 radical (unpaired) electrons. The highest BCUT2D eigenvalue weighted by Gasteiger charge is 2.09. The van der Waals surface area contributed by atoms with E-state index in [0.717, 1.165) is 22.4 Å². The van der Waals surface area contributed by atoms with Gasteiger partial charge in [0, 0.05) is 11.1 Å². The van der Waals surface area contributed by atoms with Gasteiger partial charge in [-0.2, -0.15) is 0 Å². The molecule has 5 nitrogen and oxygen atoms in total. The summed E-state index contributed by atoms with van der Waals surface area (Å²) in [5.41, 5.74) is 5.69. The summed E-state index contributed by atoms with van der Waals surface area (Å²) in [5.74, 6) is 0.208. The molecule has 3 aromatic rings. The minimum atomic E-state index is -0.543. The van der Waals surface area contributed by atoms with Crippen LogP contribution in [0.5, 0.6) is 0 Å². The third-order valence-electron chi connectivity index (χ3n) is 3.17. The lowest BCUT2D eigenvalue weighted by Gasteiger charge is -1.97.